The van der Waals surface area contributed by atoms with Crippen LogP contribution in [-0.4, -0.2) is 36.8 Å². The van der Waals surface area contributed by atoms with Crippen LogP contribution in [0.4, 0.5) is 16.2 Å². The maximum absolute atomic E-state index is 13.7. The normalized spacial score (nSPS) is 19.4. The highest BCUT2D eigenvalue weighted by molar-refractivity contribution is 5.53. The van der Waals surface area contributed by atoms with Gasteiger partial charge in [-0.25, -0.2) is 9.37 Å². The number of rotatable bonds is 3. The first-order valence-corrected chi connectivity index (χ1v) is 8.13. The van der Waals surface area contributed by atoms with Crippen LogP contribution in [0, 0.1) is 5.82 Å². The van der Waals surface area contributed by atoms with Crippen molar-refractivity contribution in [1.82, 2.24) is 9.97 Å². The first-order chi connectivity index (χ1) is 11.8. The number of ether oxygens (including phenoxy) is 2. The van der Waals surface area contributed by atoms with Gasteiger partial charge in [-0.3, -0.25) is 0 Å². The monoisotopic (exact) mass is 330 g/mol. The SMILES string of the molecule is CNc1nc(N2CCCC2c2cccc3c2OCCO3)ncc1F. The van der Waals surface area contributed by atoms with E-state index in [0.717, 1.165) is 36.4 Å². The number of anilines is 2. The predicted octanol–water partition coefficient (Wildman–Crippen LogP) is 2.77. The topological polar surface area (TPSA) is 59.5 Å². The quantitative estimate of drug-likeness (QED) is 0.934. The van der Waals surface area contributed by atoms with Gasteiger partial charge < -0.3 is 19.7 Å². The van der Waals surface area contributed by atoms with Crippen molar-refractivity contribution < 1.29 is 13.9 Å². The molecule has 6 nitrogen and oxygen atoms in total. The van der Waals surface area contributed by atoms with Crippen molar-refractivity contribution in [2.45, 2.75) is 18.9 Å². The Balaban J connectivity index is 1.71. The number of fused-ring (bicyclic) bond motifs is 1. The molecule has 4 rings (SSSR count). The molecule has 2 aliphatic heterocycles. The van der Waals surface area contributed by atoms with Crippen molar-refractivity contribution in [3.63, 3.8) is 0 Å². The summed E-state index contributed by atoms with van der Waals surface area (Å²) >= 11 is 0. The van der Waals surface area contributed by atoms with Crippen molar-refractivity contribution in [3.05, 3.63) is 35.8 Å². The number of hydrogen-bond acceptors (Lipinski definition) is 6. The Hall–Kier alpha value is -2.57. The zero-order valence-electron chi connectivity index (χ0n) is 13.5. The molecule has 1 saturated heterocycles. The van der Waals surface area contributed by atoms with E-state index in [9.17, 15) is 4.39 Å². The van der Waals surface area contributed by atoms with E-state index in [2.05, 4.69) is 26.3 Å². The molecule has 0 aliphatic carbocycles. The highest BCUT2D eigenvalue weighted by Crippen LogP contribution is 2.43. The molecule has 0 saturated carbocycles. The summed E-state index contributed by atoms with van der Waals surface area (Å²) in [6, 6.07) is 6.05. The number of nitrogens with one attached hydrogen (secondary N) is 1. The molecule has 3 heterocycles. The minimum absolute atomic E-state index is 0.0943. The molecule has 1 aromatic carbocycles. The zero-order valence-corrected chi connectivity index (χ0v) is 13.5. The van der Waals surface area contributed by atoms with Gasteiger partial charge in [0.25, 0.3) is 0 Å². The van der Waals surface area contributed by atoms with Crippen LogP contribution in [0.2, 0.25) is 0 Å². The minimum Gasteiger partial charge on any atom is -0.486 e. The largest absolute Gasteiger partial charge is 0.486 e. The van der Waals surface area contributed by atoms with E-state index in [1.54, 1.807) is 7.05 Å². The molecule has 2 aromatic rings. The van der Waals surface area contributed by atoms with Crippen LogP contribution in [-0.2, 0) is 0 Å². The van der Waals surface area contributed by atoms with Gasteiger partial charge in [0.1, 0.15) is 13.2 Å². The number of hydrogen-bond donors (Lipinski definition) is 1. The summed E-state index contributed by atoms with van der Waals surface area (Å²) in [5.74, 6) is 1.86. The summed E-state index contributed by atoms with van der Waals surface area (Å²) in [5.41, 5.74) is 1.07. The number of para-hydroxylation sites is 1. The van der Waals surface area contributed by atoms with Gasteiger partial charge in [0.2, 0.25) is 5.95 Å². The van der Waals surface area contributed by atoms with Crippen molar-refractivity contribution in [3.8, 4) is 11.5 Å². The second kappa shape index (κ2) is 6.14. The van der Waals surface area contributed by atoms with Crippen LogP contribution in [0.5, 0.6) is 11.5 Å². The standard InChI is InChI=1S/C17H19FN4O2/c1-19-16-12(18)10-20-17(21-16)22-7-3-5-13(22)11-4-2-6-14-15(11)24-9-8-23-14/h2,4,6,10,13H,3,5,7-9H2,1H3,(H,19,20,21). The van der Waals surface area contributed by atoms with Crippen LogP contribution in [0.15, 0.2) is 24.4 Å². The van der Waals surface area contributed by atoms with Crippen molar-refractivity contribution in [2.75, 3.05) is 37.0 Å². The molecular formula is C17H19FN4O2. The smallest absolute Gasteiger partial charge is 0.227 e. The second-order valence-electron chi connectivity index (χ2n) is 5.84. The molecule has 1 N–H and O–H groups in total. The molecule has 0 amide bonds. The van der Waals surface area contributed by atoms with Gasteiger partial charge in [0.15, 0.2) is 23.1 Å². The Morgan fingerprint density at radius 3 is 3.04 bits per heavy atom. The van der Waals surface area contributed by atoms with Crippen LogP contribution in [0.1, 0.15) is 24.4 Å². The van der Waals surface area contributed by atoms with Crippen molar-refractivity contribution in [1.29, 1.82) is 0 Å². The molecule has 1 unspecified atom stereocenters. The minimum atomic E-state index is -0.453. The average molecular weight is 330 g/mol. The first kappa shape index (κ1) is 15.0. The first-order valence-electron chi connectivity index (χ1n) is 8.13. The van der Waals surface area contributed by atoms with E-state index >= 15 is 0 Å². The molecule has 7 heteroatoms. The molecule has 0 bridgehead atoms. The Morgan fingerprint density at radius 2 is 2.17 bits per heavy atom. The maximum Gasteiger partial charge on any atom is 0.227 e. The average Bonchev–Trinajstić information content (AvgIpc) is 3.11. The maximum atomic E-state index is 13.7. The lowest BCUT2D eigenvalue weighted by Crippen LogP contribution is -2.26. The highest BCUT2D eigenvalue weighted by Gasteiger charge is 2.32. The number of benzene rings is 1. The van der Waals surface area contributed by atoms with Crippen molar-refractivity contribution in [2.24, 2.45) is 0 Å². The fourth-order valence-corrected chi connectivity index (χ4v) is 3.36. The Kier molecular flexibility index (Phi) is 3.84. The van der Waals surface area contributed by atoms with Crippen LogP contribution >= 0.6 is 0 Å². The molecular weight excluding hydrogens is 311 g/mol. The van der Waals surface area contributed by atoms with Gasteiger partial charge in [-0.1, -0.05) is 12.1 Å². The Bertz CT molecular complexity index is 755. The lowest BCUT2D eigenvalue weighted by atomic mass is 10.0. The fourth-order valence-electron chi connectivity index (χ4n) is 3.36. The van der Waals surface area contributed by atoms with E-state index in [1.165, 1.54) is 6.20 Å². The Labute approximate surface area is 139 Å². The summed E-state index contributed by atoms with van der Waals surface area (Å²) in [6.07, 6.45) is 3.20. The van der Waals surface area contributed by atoms with Gasteiger partial charge in [-0.2, -0.15) is 4.98 Å². The van der Waals surface area contributed by atoms with Gasteiger partial charge in [0, 0.05) is 19.2 Å². The highest BCUT2D eigenvalue weighted by atomic mass is 19.1. The molecule has 24 heavy (non-hydrogen) atoms. The molecule has 2 aliphatic rings. The third-order valence-corrected chi connectivity index (χ3v) is 4.43. The third kappa shape index (κ3) is 2.50. The zero-order chi connectivity index (χ0) is 16.5. The molecule has 0 radical (unpaired) electrons. The number of aromatic nitrogens is 2. The number of nitrogens with zero attached hydrogens (tertiary/aromatic N) is 3. The summed E-state index contributed by atoms with van der Waals surface area (Å²) in [6.45, 7) is 1.94. The van der Waals surface area contributed by atoms with Crippen LogP contribution < -0.4 is 19.7 Å². The number of halogens is 1. The predicted molar refractivity (Wildman–Crippen MR) is 88.3 cm³/mol. The molecule has 1 aromatic heterocycles. The lowest BCUT2D eigenvalue weighted by Gasteiger charge is -2.29. The molecule has 1 fully saturated rings. The summed E-state index contributed by atoms with van der Waals surface area (Å²) in [5, 5.41) is 2.77. The summed E-state index contributed by atoms with van der Waals surface area (Å²) in [7, 11) is 1.65. The molecule has 126 valence electrons. The van der Waals surface area contributed by atoms with E-state index in [1.807, 2.05) is 12.1 Å². The van der Waals surface area contributed by atoms with Crippen molar-refractivity contribution >= 4 is 11.8 Å². The second-order valence-corrected chi connectivity index (χ2v) is 5.84. The fraction of sp³-hybridized carbons (Fsp3) is 0.412. The summed E-state index contributed by atoms with van der Waals surface area (Å²) in [4.78, 5) is 10.6. The third-order valence-electron chi connectivity index (χ3n) is 4.43. The van der Waals surface area contributed by atoms with E-state index in [-0.39, 0.29) is 11.9 Å². The van der Waals surface area contributed by atoms with Gasteiger partial charge in [0.05, 0.1) is 12.2 Å². The van der Waals surface area contributed by atoms with Crippen LogP contribution in [0.25, 0.3) is 0 Å². The molecule has 1 atom stereocenters. The lowest BCUT2D eigenvalue weighted by molar-refractivity contribution is 0.169. The van der Waals surface area contributed by atoms with E-state index < -0.39 is 5.82 Å². The van der Waals surface area contributed by atoms with E-state index in [0.29, 0.717) is 19.2 Å². The van der Waals surface area contributed by atoms with E-state index in [4.69, 9.17) is 9.47 Å². The van der Waals surface area contributed by atoms with Gasteiger partial charge in [-0.05, 0) is 18.9 Å². The van der Waals surface area contributed by atoms with Gasteiger partial charge >= 0.3 is 0 Å². The van der Waals surface area contributed by atoms with Crippen LogP contribution in [0.3, 0.4) is 0 Å². The molecule has 0 spiro atoms. The summed E-state index contributed by atoms with van der Waals surface area (Å²) < 4.78 is 25.2. The Morgan fingerprint density at radius 1 is 1.29 bits per heavy atom. The van der Waals surface area contributed by atoms with Gasteiger partial charge in [-0.15, -0.1) is 0 Å².